The summed E-state index contributed by atoms with van der Waals surface area (Å²) in [6.07, 6.45) is -0.253. The van der Waals surface area contributed by atoms with Crippen molar-refractivity contribution in [2.24, 2.45) is 5.73 Å². The van der Waals surface area contributed by atoms with Crippen molar-refractivity contribution in [1.29, 1.82) is 0 Å². The topological polar surface area (TPSA) is 78.6 Å². The number of carbonyl (C=O) groups is 2. The molecule has 1 saturated heterocycles. The average Bonchev–Trinajstić information content (AvgIpc) is 2.51. The lowest BCUT2D eigenvalue weighted by Gasteiger charge is -2.08. The number of methoxy groups -OCH3 is 1. The van der Waals surface area contributed by atoms with Gasteiger partial charge in [0.05, 0.1) is 7.11 Å². The second-order valence-corrected chi connectivity index (χ2v) is 2.62. The van der Waals surface area contributed by atoms with Gasteiger partial charge in [-0.15, -0.1) is 0 Å². The Bertz CT molecular complexity index is 204. The van der Waals surface area contributed by atoms with E-state index in [0.717, 1.165) is 0 Å². The number of carbonyl (C=O) groups excluding carboxylic acids is 2. The third kappa shape index (κ3) is 1.73. The molecule has 0 aromatic carbocycles. The third-order valence-corrected chi connectivity index (χ3v) is 1.80. The van der Waals surface area contributed by atoms with Crippen LogP contribution in [0.3, 0.4) is 0 Å². The van der Waals surface area contributed by atoms with E-state index in [2.05, 4.69) is 4.74 Å². The van der Waals surface area contributed by atoms with E-state index >= 15 is 0 Å². The minimum absolute atomic E-state index is 0.446. The molecule has 2 atom stereocenters. The smallest absolute Gasteiger partial charge is 0.335 e. The second kappa shape index (κ2) is 3.53. The van der Waals surface area contributed by atoms with Crippen molar-refractivity contribution in [3.8, 4) is 0 Å². The van der Waals surface area contributed by atoms with E-state index in [9.17, 15) is 9.59 Å². The molecule has 0 aromatic rings. The monoisotopic (exact) mass is 173 g/mol. The number of hydrogen-bond donors (Lipinski definition) is 1. The highest BCUT2D eigenvalue weighted by atomic mass is 16.6. The molecule has 5 nitrogen and oxygen atoms in total. The number of esters is 1. The van der Waals surface area contributed by atoms with Gasteiger partial charge in [0.2, 0.25) is 5.91 Å². The fourth-order valence-electron chi connectivity index (χ4n) is 1.15. The molecule has 2 N–H and O–H groups in total. The molecule has 0 bridgehead atoms. The van der Waals surface area contributed by atoms with Crippen LogP contribution in [-0.4, -0.2) is 31.2 Å². The fourth-order valence-corrected chi connectivity index (χ4v) is 1.15. The maximum atomic E-state index is 10.9. The standard InChI is InChI=1S/C7H11NO4/c1-11-7(10)5-3-2-4(12-5)6(8)9/h4-5H,2-3H2,1H3,(H2,8,9). The van der Waals surface area contributed by atoms with Gasteiger partial charge in [0.15, 0.2) is 6.10 Å². The first kappa shape index (κ1) is 8.99. The Morgan fingerprint density at radius 2 is 2.00 bits per heavy atom. The molecule has 12 heavy (non-hydrogen) atoms. The zero-order valence-corrected chi connectivity index (χ0v) is 6.78. The number of amides is 1. The van der Waals surface area contributed by atoms with E-state index in [-0.39, 0.29) is 0 Å². The van der Waals surface area contributed by atoms with Crippen molar-refractivity contribution in [2.75, 3.05) is 7.11 Å². The Kier molecular flexibility index (Phi) is 2.65. The average molecular weight is 173 g/mol. The van der Waals surface area contributed by atoms with Crippen molar-refractivity contribution in [1.82, 2.24) is 0 Å². The van der Waals surface area contributed by atoms with Crippen LogP contribution in [0.1, 0.15) is 12.8 Å². The van der Waals surface area contributed by atoms with Gasteiger partial charge >= 0.3 is 5.97 Å². The van der Waals surface area contributed by atoms with Crippen molar-refractivity contribution in [2.45, 2.75) is 25.0 Å². The predicted octanol–water partition coefficient (Wildman–Crippen LogP) is -0.808. The summed E-state index contributed by atoms with van der Waals surface area (Å²) in [5.41, 5.74) is 4.99. The summed E-state index contributed by atoms with van der Waals surface area (Å²) >= 11 is 0. The minimum atomic E-state index is -0.630. The SMILES string of the molecule is COC(=O)C1CCC(C(N)=O)O1. The summed E-state index contributed by atoms with van der Waals surface area (Å²) < 4.78 is 9.47. The summed E-state index contributed by atoms with van der Waals surface area (Å²) in [6, 6.07) is 0. The molecule has 1 fully saturated rings. The van der Waals surface area contributed by atoms with Crippen LogP contribution in [-0.2, 0) is 19.1 Å². The van der Waals surface area contributed by atoms with E-state index in [4.69, 9.17) is 10.5 Å². The number of hydrogen-bond acceptors (Lipinski definition) is 4. The highest BCUT2D eigenvalue weighted by Crippen LogP contribution is 2.19. The number of nitrogens with two attached hydrogens (primary N) is 1. The molecule has 68 valence electrons. The first-order valence-corrected chi connectivity index (χ1v) is 3.67. The Balaban J connectivity index is 2.45. The maximum absolute atomic E-state index is 10.9. The van der Waals surface area contributed by atoms with Gasteiger partial charge < -0.3 is 15.2 Å². The van der Waals surface area contributed by atoms with E-state index in [1.807, 2.05) is 0 Å². The Morgan fingerprint density at radius 1 is 1.42 bits per heavy atom. The molecule has 0 spiro atoms. The zero-order valence-electron chi connectivity index (χ0n) is 6.78. The quantitative estimate of drug-likeness (QED) is 0.554. The summed E-state index contributed by atoms with van der Waals surface area (Å²) in [6.45, 7) is 0. The lowest BCUT2D eigenvalue weighted by molar-refractivity contribution is -0.154. The molecule has 1 amide bonds. The molecule has 0 saturated carbocycles. The molecule has 1 aliphatic rings. The molecule has 0 aliphatic carbocycles. The Morgan fingerprint density at radius 3 is 2.42 bits per heavy atom. The fraction of sp³-hybridized carbons (Fsp3) is 0.714. The molecule has 5 heteroatoms. The predicted molar refractivity (Wildman–Crippen MR) is 39.1 cm³/mol. The van der Waals surface area contributed by atoms with Gasteiger partial charge in [-0.2, -0.15) is 0 Å². The summed E-state index contributed by atoms with van der Waals surface area (Å²) in [5, 5.41) is 0. The highest BCUT2D eigenvalue weighted by Gasteiger charge is 2.34. The van der Waals surface area contributed by atoms with Crippen LogP contribution in [0, 0.1) is 0 Å². The first-order valence-electron chi connectivity index (χ1n) is 3.67. The summed E-state index contributed by atoms with van der Waals surface area (Å²) in [7, 11) is 1.28. The van der Waals surface area contributed by atoms with Gasteiger partial charge in [-0.25, -0.2) is 4.79 Å². The summed E-state index contributed by atoms with van der Waals surface area (Å²) in [5.74, 6) is -0.972. The van der Waals surface area contributed by atoms with Gasteiger partial charge in [0, 0.05) is 0 Å². The lowest BCUT2D eigenvalue weighted by Crippen LogP contribution is -2.30. The van der Waals surface area contributed by atoms with Crippen LogP contribution < -0.4 is 5.73 Å². The van der Waals surface area contributed by atoms with Crippen LogP contribution in [0.15, 0.2) is 0 Å². The van der Waals surface area contributed by atoms with Gasteiger partial charge in [-0.3, -0.25) is 4.79 Å². The summed E-state index contributed by atoms with van der Waals surface area (Å²) in [4.78, 5) is 21.5. The number of primary amides is 1. The minimum Gasteiger partial charge on any atom is -0.467 e. The van der Waals surface area contributed by atoms with E-state index in [1.54, 1.807) is 0 Å². The number of ether oxygens (including phenoxy) is 2. The molecule has 0 radical (unpaired) electrons. The van der Waals surface area contributed by atoms with Crippen molar-refractivity contribution in [3.05, 3.63) is 0 Å². The normalized spacial score (nSPS) is 28.4. The Labute approximate surface area is 69.8 Å². The lowest BCUT2D eigenvalue weighted by atomic mass is 10.2. The van der Waals surface area contributed by atoms with Crippen LogP contribution in [0.5, 0.6) is 0 Å². The van der Waals surface area contributed by atoms with Crippen LogP contribution >= 0.6 is 0 Å². The molecule has 1 rings (SSSR count). The van der Waals surface area contributed by atoms with Gasteiger partial charge in [-0.1, -0.05) is 0 Å². The molecule has 1 heterocycles. The van der Waals surface area contributed by atoms with Crippen LogP contribution in [0.4, 0.5) is 0 Å². The first-order chi connectivity index (χ1) is 5.65. The van der Waals surface area contributed by atoms with Crippen molar-refractivity contribution >= 4 is 11.9 Å². The highest BCUT2D eigenvalue weighted by molar-refractivity contribution is 5.81. The van der Waals surface area contributed by atoms with E-state index < -0.39 is 24.1 Å². The molecule has 1 aliphatic heterocycles. The van der Waals surface area contributed by atoms with Crippen LogP contribution in [0.2, 0.25) is 0 Å². The molecular weight excluding hydrogens is 162 g/mol. The molecule has 2 unspecified atom stereocenters. The largest absolute Gasteiger partial charge is 0.467 e. The van der Waals surface area contributed by atoms with E-state index in [0.29, 0.717) is 12.8 Å². The molecule has 0 aromatic heterocycles. The Hall–Kier alpha value is -1.10. The van der Waals surface area contributed by atoms with Gasteiger partial charge in [0.1, 0.15) is 6.10 Å². The van der Waals surface area contributed by atoms with Gasteiger partial charge in [0.25, 0.3) is 0 Å². The maximum Gasteiger partial charge on any atom is 0.335 e. The second-order valence-electron chi connectivity index (χ2n) is 2.62. The van der Waals surface area contributed by atoms with E-state index in [1.165, 1.54) is 7.11 Å². The van der Waals surface area contributed by atoms with Crippen molar-refractivity contribution < 1.29 is 19.1 Å². The zero-order chi connectivity index (χ0) is 9.14. The van der Waals surface area contributed by atoms with Crippen molar-refractivity contribution in [3.63, 3.8) is 0 Å². The van der Waals surface area contributed by atoms with Crippen LogP contribution in [0.25, 0.3) is 0 Å². The molecular formula is C7H11NO4. The third-order valence-electron chi connectivity index (χ3n) is 1.80. The number of rotatable bonds is 2. The van der Waals surface area contributed by atoms with Gasteiger partial charge in [-0.05, 0) is 12.8 Å².